The second kappa shape index (κ2) is 6.88. The standard InChI is InChI=1S/C18H17FN2O4/c1-25-17-9-4-13(10-16(17)21(23)24)18(22)20(15-7-8-15)11-12-2-5-14(19)6-3-12/h2-6,9-10,15H,7-8,11H2,1H3. The first kappa shape index (κ1) is 16.9. The molecule has 7 heteroatoms. The van der Waals surface area contributed by atoms with Crippen LogP contribution in [-0.4, -0.2) is 28.9 Å². The molecule has 2 aromatic rings. The average Bonchev–Trinajstić information content (AvgIpc) is 3.45. The highest BCUT2D eigenvalue weighted by molar-refractivity contribution is 5.95. The van der Waals surface area contributed by atoms with Gasteiger partial charge in [-0.15, -0.1) is 0 Å². The van der Waals surface area contributed by atoms with Gasteiger partial charge in [-0.3, -0.25) is 14.9 Å². The Kier molecular flexibility index (Phi) is 4.65. The maximum absolute atomic E-state index is 13.1. The minimum absolute atomic E-state index is 0.109. The molecule has 0 radical (unpaired) electrons. The van der Waals surface area contributed by atoms with E-state index in [0.717, 1.165) is 18.4 Å². The lowest BCUT2D eigenvalue weighted by atomic mass is 10.1. The van der Waals surface area contributed by atoms with Gasteiger partial charge in [0.15, 0.2) is 5.75 Å². The third-order valence-electron chi connectivity index (χ3n) is 4.14. The zero-order valence-corrected chi connectivity index (χ0v) is 13.6. The summed E-state index contributed by atoms with van der Waals surface area (Å²) in [6.45, 7) is 0.337. The van der Waals surface area contributed by atoms with E-state index < -0.39 is 4.92 Å². The number of halogens is 1. The van der Waals surface area contributed by atoms with Crippen molar-refractivity contribution in [1.82, 2.24) is 4.90 Å². The number of nitro groups is 1. The number of ether oxygens (including phenoxy) is 1. The van der Waals surface area contributed by atoms with E-state index in [0.29, 0.717) is 6.54 Å². The summed E-state index contributed by atoms with van der Waals surface area (Å²) in [5.74, 6) is -0.505. The molecule has 0 unspecified atom stereocenters. The van der Waals surface area contributed by atoms with Crippen LogP contribution in [0.15, 0.2) is 42.5 Å². The highest BCUT2D eigenvalue weighted by atomic mass is 19.1. The van der Waals surface area contributed by atoms with E-state index in [1.807, 2.05) is 0 Å². The van der Waals surface area contributed by atoms with Crippen molar-refractivity contribution in [1.29, 1.82) is 0 Å². The largest absolute Gasteiger partial charge is 0.490 e. The van der Waals surface area contributed by atoms with Crippen molar-refractivity contribution in [3.8, 4) is 5.75 Å². The number of carbonyl (C=O) groups is 1. The molecule has 1 saturated carbocycles. The van der Waals surface area contributed by atoms with Gasteiger partial charge >= 0.3 is 5.69 Å². The van der Waals surface area contributed by atoms with Crippen molar-refractivity contribution in [2.45, 2.75) is 25.4 Å². The lowest BCUT2D eigenvalue weighted by molar-refractivity contribution is -0.385. The normalized spacial score (nSPS) is 13.4. The first-order valence-corrected chi connectivity index (χ1v) is 7.87. The molecular weight excluding hydrogens is 327 g/mol. The molecular formula is C18H17FN2O4. The molecule has 0 heterocycles. The number of nitrogens with zero attached hydrogens (tertiary/aromatic N) is 2. The van der Waals surface area contributed by atoms with Crippen molar-refractivity contribution in [2.24, 2.45) is 0 Å². The van der Waals surface area contributed by atoms with Gasteiger partial charge in [0.05, 0.1) is 12.0 Å². The molecule has 25 heavy (non-hydrogen) atoms. The molecule has 1 amide bonds. The van der Waals surface area contributed by atoms with Crippen LogP contribution < -0.4 is 4.74 Å². The van der Waals surface area contributed by atoms with Crippen LogP contribution in [-0.2, 0) is 6.54 Å². The Morgan fingerprint density at radius 3 is 2.52 bits per heavy atom. The first-order chi connectivity index (χ1) is 12.0. The second-order valence-corrected chi connectivity index (χ2v) is 5.93. The minimum Gasteiger partial charge on any atom is -0.490 e. The van der Waals surface area contributed by atoms with Gasteiger partial charge in [-0.2, -0.15) is 0 Å². The molecule has 3 rings (SSSR count). The molecule has 0 aromatic heterocycles. The summed E-state index contributed by atoms with van der Waals surface area (Å²) in [4.78, 5) is 25.1. The van der Waals surface area contributed by atoms with Crippen LogP contribution in [0.5, 0.6) is 5.75 Å². The monoisotopic (exact) mass is 344 g/mol. The lowest BCUT2D eigenvalue weighted by Gasteiger charge is -2.23. The number of amides is 1. The zero-order chi connectivity index (χ0) is 18.0. The summed E-state index contributed by atoms with van der Waals surface area (Å²) in [5.41, 5.74) is 0.803. The van der Waals surface area contributed by atoms with Crippen molar-refractivity contribution in [3.05, 3.63) is 69.5 Å². The average molecular weight is 344 g/mol. The Labute approximate surface area is 144 Å². The van der Waals surface area contributed by atoms with Gasteiger partial charge in [0.25, 0.3) is 5.91 Å². The Morgan fingerprint density at radius 2 is 1.96 bits per heavy atom. The zero-order valence-electron chi connectivity index (χ0n) is 13.6. The Balaban J connectivity index is 1.87. The van der Waals surface area contributed by atoms with Gasteiger partial charge in [0.2, 0.25) is 0 Å². The van der Waals surface area contributed by atoms with Gasteiger partial charge < -0.3 is 9.64 Å². The Morgan fingerprint density at radius 1 is 1.28 bits per heavy atom. The summed E-state index contributed by atoms with van der Waals surface area (Å²) in [7, 11) is 1.34. The number of hydrogen-bond donors (Lipinski definition) is 0. The molecule has 0 saturated heterocycles. The summed E-state index contributed by atoms with van der Waals surface area (Å²) in [6, 6.07) is 10.3. The molecule has 2 aromatic carbocycles. The van der Waals surface area contributed by atoms with Gasteiger partial charge in [0, 0.05) is 24.2 Å². The number of rotatable bonds is 6. The number of methoxy groups -OCH3 is 1. The third-order valence-corrected chi connectivity index (χ3v) is 4.14. The molecule has 1 aliphatic carbocycles. The fraction of sp³-hybridized carbons (Fsp3) is 0.278. The molecule has 0 atom stereocenters. The highest BCUT2D eigenvalue weighted by Crippen LogP contribution is 2.32. The van der Waals surface area contributed by atoms with Crippen LogP contribution in [0.3, 0.4) is 0 Å². The lowest BCUT2D eigenvalue weighted by Crippen LogP contribution is -2.32. The van der Waals surface area contributed by atoms with Gasteiger partial charge in [-0.1, -0.05) is 12.1 Å². The highest BCUT2D eigenvalue weighted by Gasteiger charge is 2.33. The SMILES string of the molecule is COc1ccc(C(=O)N(Cc2ccc(F)cc2)C2CC2)cc1[N+](=O)[O-]. The van der Waals surface area contributed by atoms with Crippen LogP contribution in [0.1, 0.15) is 28.8 Å². The number of carbonyl (C=O) groups excluding carboxylic acids is 1. The van der Waals surface area contributed by atoms with Crippen molar-refractivity contribution in [2.75, 3.05) is 7.11 Å². The van der Waals surface area contributed by atoms with E-state index in [-0.39, 0.29) is 34.8 Å². The van der Waals surface area contributed by atoms with Crippen molar-refractivity contribution >= 4 is 11.6 Å². The van der Waals surface area contributed by atoms with E-state index in [1.54, 1.807) is 17.0 Å². The van der Waals surface area contributed by atoms with Crippen molar-refractivity contribution < 1.29 is 18.8 Å². The molecule has 0 bridgehead atoms. The van der Waals surface area contributed by atoms with E-state index >= 15 is 0 Å². The van der Waals surface area contributed by atoms with Crippen LogP contribution >= 0.6 is 0 Å². The maximum Gasteiger partial charge on any atom is 0.311 e. The summed E-state index contributed by atoms with van der Waals surface area (Å²) >= 11 is 0. The molecule has 1 aliphatic rings. The number of nitro benzene ring substituents is 1. The fourth-order valence-corrected chi connectivity index (χ4v) is 2.67. The first-order valence-electron chi connectivity index (χ1n) is 7.87. The van der Waals surface area contributed by atoms with E-state index in [1.165, 1.54) is 37.4 Å². The van der Waals surface area contributed by atoms with Crippen LogP contribution in [0, 0.1) is 15.9 Å². The van der Waals surface area contributed by atoms with E-state index in [9.17, 15) is 19.3 Å². The molecule has 0 aliphatic heterocycles. The van der Waals surface area contributed by atoms with Crippen LogP contribution in [0.2, 0.25) is 0 Å². The topological polar surface area (TPSA) is 72.7 Å². The summed E-state index contributed by atoms with van der Waals surface area (Å²) in [5, 5.41) is 11.2. The van der Waals surface area contributed by atoms with Crippen LogP contribution in [0.4, 0.5) is 10.1 Å². The number of benzene rings is 2. The predicted molar refractivity (Wildman–Crippen MR) is 88.9 cm³/mol. The Bertz CT molecular complexity index is 803. The van der Waals surface area contributed by atoms with Gasteiger partial charge in [0.1, 0.15) is 5.82 Å². The summed E-state index contributed by atoms with van der Waals surface area (Å²) in [6.07, 6.45) is 1.79. The van der Waals surface area contributed by atoms with Crippen molar-refractivity contribution in [3.63, 3.8) is 0 Å². The molecule has 1 fully saturated rings. The predicted octanol–water partition coefficient (Wildman–Crippen LogP) is 3.55. The molecule has 6 nitrogen and oxygen atoms in total. The summed E-state index contributed by atoms with van der Waals surface area (Å²) < 4.78 is 18.0. The minimum atomic E-state index is -0.572. The molecule has 130 valence electrons. The van der Waals surface area contributed by atoms with E-state index in [4.69, 9.17) is 4.74 Å². The van der Waals surface area contributed by atoms with Gasteiger partial charge in [-0.05, 0) is 42.7 Å². The quantitative estimate of drug-likeness (QED) is 0.593. The molecule has 0 spiro atoms. The van der Waals surface area contributed by atoms with E-state index in [2.05, 4.69) is 0 Å². The molecule has 0 N–H and O–H groups in total. The van der Waals surface area contributed by atoms with Gasteiger partial charge in [-0.25, -0.2) is 4.39 Å². The second-order valence-electron chi connectivity index (χ2n) is 5.93. The number of hydrogen-bond acceptors (Lipinski definition) is 4. The third kappa shape index (κ3) is 3.76. The Hall–Kier alpha value is -2.96. The fourth-order valence-electron chi connectivity index (χ4n) is 2.67. The van der Waals surface area contributed by atoms with Crippen LogP contribution in [0.25, 0.3) is 0 Å². The smallest absolute Gasteiger partial charge is 0.311 e. The maximum atomic E-state index is 13.1.